The van der Waals surface area contributed by atoms with E-state index >= 15 is 0 Å². The van der Waals surface area contributed by atoms with Gasteiger partial charge in [0, 0.05) is 10.0 Å². The van der Waals surface area contributed by atoms with Crippen molar-refractivity contribution in [2.45, 2.75) is 0 Å². The van der Waals surface area contributed by atoms with Crippen LogP contribution in [0.4, 0.5) is 0 Å². The maximum atomic E-state index is 11.8. The first-order valence-electron chi connectivity index (χ1n) is 5.82. The van der Waals surface area contributed by atoms with Gasteiger partial charge in [-0.15, -0.1) is 0 Å². The summed E-state index contributed by atoms with van der Waals surface area (Å²) in [5, 5.41) is 9.50. The molecule has 0 aliphatic rings. The van der Waals surface area contributed by atoms with Gasteiger partial charge in [-0.05, 0) is 24.3 Å². The lowest BCUT2D eigenvalue weighted by atomic mass is 10.1. The zero-order valence-electron chi connectivity index (χ0n) is 10.4. The normalized spacial score (nSPS) is 10.1. The molecular weight excluding hydrogens is 324 g/mol. The molecule has 0 amide bonds. The fourth-order valence-corrected chi connectivity index (χ4v) is 1.84. The Morgan fingerprint density at radius 3 is 2.35 bits per heavy atom. The lowest BCUT2D eigenvalue weighted by molar-refractivity contribution is 0.0472. The number of hydrogen-bond donors (Lipinski definition) is 1. The van der Waals surface area contributed by atoms with E-state index < -0.39 is 5.97 Å². The molecule has 0 spiro atoms. The number of para-hydroxylation sites is 1. The van der Waals surface area contributed by atoms with Gasteiger partial charge in [0.1, 0.15) is 11.3 Å². The number of aromatic hydroxyl groups is 1. The number of phenols is 1. The monoisotopic (exact) mass is 334 g/mol. The number of ketones is 1. The molecule has 102 valence electrons. The molecule has 0 saturated carbocycles. The number of Topliss-reactive ketones (excluding diaryl/α,β-unsaturated/α-hetero) is 1. The van der Waals surface area contributed by atoms with E-state index in [9.17, 15) is 14.7 Å². The summed E-state index contributed by atoms with van der Waals surface area (Å²) in [4.78, 5) is 23.5. The summed E-state index contributed by atoms with van der Waals surface area (Å²) in [6.07, 6.45) is 0. The van der Waals surface area contributed by atoms with E-state index in [1.54, 1.807) is 36.4 Å². The topological polar surface area (TPSA) is 63.6 Å². The van der Waals surface area contributed by atoms with Gasteiger partial charge in [-0.3, -0.25) is 4.79 Å². The number of carbonyl (C=O) groups excluding carboxylic acids is 2. The van der Waals surface area contributed by atoms with Crippen LogP contribution in [0.25, 0.3) is 0 Å². The summed E-state index contributed by atoms with van der Waals surface area (Å²) in [7, 11) is 0. The first-order chi connectivity index (χ1) is 9.58. The maximum absolute atomic E-state index is 11.8. The standard InChI is InChI=1S/C15H11BrO4/c16-11-7-5-10(6-8-11)14(18)9-20-15(19)12-3-1-2-4-13(12)17/h1-8,17H,9H2. The predicted octanol–water partition coefficient (Wildman–Crippen LogP) is 3.19. The van der Waals surface area contributed by atoms with Crippen LogP contribution in [0.2, 0.25) is 0 Å². The maximum Gasteiger partial charge on any atom is 0.342 e. The Balaban J connectivity index is 1.99. The number of halogens is 1. The van der Waals surface area contributed by atoms with Gasteiger partial charge in [0.25, 0.3) is 0 Å². The summed E-state index contributed by atoms with van der Waals surface area (Å²) in [5.74, 6) is -1.21. The first kappa shape index (κ1) is 14.3. The van der Waals surface area contributed by atoms with Crippen molar-refractivity contribution < 1.29 is 19.4 Å². The number of benzene rings is 2. The summed E-state index contributed by atoms with van der Waals surface area (Å²) in [5.41, 5.74) is 0.495. The second kappa shape index (κ2) is 6.34. The van der Waals surface area contributed by atoms with Crippen LogP contribution in [0.15, 0.2) is 53.0 Å². The zero-order chi connectivity index (χ0) is 14.5. The van der Waals surface area contributed by atoms with Crippen molar-refractivity contribution >= 4 is 27.7 Å². The minimum Gasteiger partial charge on any atom is -0.507 e. The fourth-order valence-electron chi connectivity index (χ4n) is 1.57. The van der Waals surface area contributed by atoms with Gasteiger partial charge >= 0.3 is 5.97 Å². The van der Waals surface area contributed by atoms with Crippen molar-refractivity contribution in [1.29, 1.82) is 0 Å². The van der Waals surface area contributed by atoms with Crippen LogP contribution in [0.5, 0.6) is 5.75 Å². The number of rotatable bonds is 4. The van der Waals surface area contributed by atoms with E-state index in [4.69, 9.17) is 4.74 Å². The van der Waals surface area contributed by atoms with Crippen LogP contribution >= 0.6 is 15.9 Å². The molecule has 0 atom stereocenters. The second-order valence-corrected chi connectivity index (χ2v) is 4.94. The quantitative estimate of drug-likeness (QED) is 0.688. The Bertz CT molecular complexity index is 635. The molecule has 0 heterocycles. The fraction of sp³-hybridized carbons (Fsp3) is 0.0667. The molecular formula is C15H11BrO4. The number of phenolic OH excluding ortho intramolecular Hbond substituents is 1. The zero-order valence-corrected chi connectivity index (χ0v) is 12.0. The van der Waals surface area contributed by atoms with Gasteiger partial charge in [0.05, 0.1) is 0 Å². The van der Waals surface area contributed by atoms with E-state index in [2.05, 4.69) is 15.9 Å². The highest BCUT2D eigenvalue weighted by atomic mass is 79.9. The average Bonchev–Trinajstić information content (AvgIpc) is 2.45. The van der Waals surface area contributed by atoms with Gasteiger partial charge < -0.3 is 9.84 Å². The van der Waals surface area contributed by atoms with Gasteiger partial charge in [-0.1, -0.05) is 40.2 Å². The molecule has 0 saturated heterocycles. The van der Waals surface area contributed by atoms with E-state index in [0.717, 1.165) is 4.47 Å². The molecule has 2 aromatic carbocycles. The minimum absolute atomic E-state index is 0.0381. The third-order valence-corrected chi connectivity index (χ3v) is 3.15. The third-order valence-electron chi connectivity index (χ3n) is 2.62. The second-order valence-electron chi connectivity index (χ2n) is 4.02. The van der Waals surface area contributed by atoms with Crippen molar-refractivity contribution in [3.05, 3.63) is 64.1 Å². The first-order valence-corrected chi connectivity index (χ1v) is 6.61. The Morgan fingerprint density at radius 1 is 1.05 bits per heavy atom. The largest absolute Gasteiger partial charge is 0.507 e. The van der Waals surface area contributed by atoms with Crippen molar-refractivity contribution in [2.75, 3.05) is 6.61 Å². The highest BCUT2D eigenvalue weighted by molar-refractivity contribution is 9.10. The Kier molecular flexibility index (Phi) is 4.53. The van der Waals surface area contributed by atoms with Gasteiger partial charge in [-0.2, -0.15) is 0 Å². The van der Waals surface area contributed by atoms with Crippen LogP contribution in [0.1, 0.15) is 20.7 Å². The third kappa shape index (κ3) is 3.45. The van der Waals surface area contributed by atoms with Crippen LogP contribution < -0.4 is 0 Å². The smallest absolute Gasteiger partial charge is 0.342 e. The predicted molar refractivity (Wildman–Crippen MR) is 76.9 cm³/mol. The van der Waals surface area contributed by atoms with Crippen molar-refractivity contribution in [2.24, 2.45) is 0 Å². The summed E-state index contributed by atoms with van der Waals surface area (Å²) in [6.45, 7) is -0.366. The van der Waals surface area contributed by atoms with Gasteiger partial charge in [-0.25, -0.2) is 4.79 Å². The SMILES string of the molecule is O=C(COC(=O)c1ccccc1O)c1ccc(Br)cc1. The average molecular weight is 335 g/mol. The molecule has 0 bridgehead atoms. The molecule has 2 aromatic rings. The molecule has 1 N–H and O–H groups in total. The Morgan fingerprint density at radius 2 is 1.70 bits per heavy atom. The Hall–Kier alpha value is -2.14. The van der Waals surface area contributed by atoms with Gasteiger partial charge in [0.15, 0.2) is 12.4 Å². The summed E-state index contributed by atoms with van der Waals surface area (Å²) < 4.78 is 5.76. The molecule has 5 heteroatoms. The van der Waals surface area contributed by atoms with Gasteiger partial charge in [0.2, 0.25) is 0 Å². The molecule has 0 fully saturated rings. The van der Waals surface area contributed by atoms with Crippen molar-refractivity contribution in [3.63, 3.8) is 0 Å². The molecule has 2 rings (SSSR count). The van der Waals surface area contributed by atoms with Crippen LogP contribution in [-0.4, -0.2) is 23.5 Å². The van der Waals surface area contributed by atoms with Crippen LogP contribution in [-0.2, 0) is 4.74 Å². The molecule has 0 aliphatic carbocycles. The number of esters is 1. The van der Waals surface area contributed by atoms with E-state index in [1.807, 2.05) is 0 Å². The van der Waals surface area contributed by atoms with Crippen molar-refractivity contribution in [3.8, 4) is 5.75 Å². The van der Waals surface area contributed by atoms with Crippen LogP contribution in [0.3, 0.4) is 0 Å². The number of hydrogen-bond acceptors (Lipinski definition) is 4. The molecule has 20 heavy (non-hydrogen) atoms. The van der Waals surface area contributed by atoms with E-state index in [1.165, 1.54) is 12.1 Å². The molecule has 4 nitrogen and oxygen atoms in total. The number of ether oxygens (including phenoxy) is 1. The molecule has 0 aliphatic heterocycles. The summed E-state index contributed by atoms with van der Waals surface area (Å²) in [6, 6.07) is 12.8. The highest BCUT2D eigenvalue weighted by Crippen LogP contribution is 2.17. The number of carbonyl (C=O) groups is 2. The highest BCUT2D eigenvalue weighted by Gasteiger charge is 2.14. The van der Waals surface area contributed by atoms with E-state index in [-0.39, 0.29) is 23.7 Å². The van der Waals surface area contributed by atoms with E-state index in [0.29, 0.717) is 5.56 Å². The Labute approximate surface area is 124 Å². The van der Waals surface area contributed by atoms with Crippen LogP contribution in [0, 0.1) is 0 Å². The minimum atomic E-state index is -0.728. The summed E-state index contributed by atoms with van der Waals surface area (Å²) >= 11 is 3.27. The lowest BCUT2D eigenvalue weighted by Gasteiger charge is -2.05. The van der Waals surface area contributed by atoms with Crippen molar-refractivity contribution in [1.82, 2.24) is 0 Å². The lowest BCUT2D eigenvalue weighted by Crippen LogP contribution is -2.14. The molecule has 0 aromatic heterocycles. The molecule has 0 unspecified atom stereocenters. The molecule has 0 radical (unpaired) electrons.